The van der Waals surface area contributed by atoms with Crippen molar-refractivity contribution in [3.8, 4) is 0 Å². The zero-order chi connectivity index (χ0) is 14.7. The lowest BCUT2D eigenvalue weighted by atomic mass is 10.2. The van der Waals surface area contributed by atoms with Crippen molar-refractivity contribution in [3.05, 3.63) is 55.9 Å². The zero-order valence-electron chi connectivity index (χ0n) is 9.71. The van der Waals surface area contributed by atoms with Gasteiger partial charge in [-0.15, -0.1) is 0 Å². The van der Waals surface area contributed by atoms with Crippen LogP contribution >= 0.6 is 27.5 Å². The summed E-state index contributed by atoms with van der Waals surface area (Å²) >= 11 is 8.79. The number of amides is 1. The van der Waals surface area contributed by atoms with Gasteiger partial charge in [0.25, 0.3) is 11.6 Å². The lowest BCUT2D eigenvalue weighted by molar-refractivity contribution is -0.384. The molecule has 0 aliphatic rings. The third-order valence-corrected chi connectivity index (χ3v) is 3.00. The van der Waals surface area contributed by atoms with Crippen molar-refractivity contribution in [1.29, 1.82) is 0 Å². The molecule has 1 heterocycles. The van der Waals surface area contributed by atoms with Gasteiger partial charge in [0.1, 0.15) is 9.63 Å². The minimum atomic E-state index is -0.654. The summed E-state index contributed by atoms with van der Waals surface area (Å²) in [5.74, 6) is -0.308. The monoisotopic (exact) mass is 356 g/mol. The zero-order valence-corrected chi connectivity index (χ0v) is 12.1. The number of nitrogens with zero attached hydrogens (tertiary/aromatic N) is 3. The summed E-state index contributed by atoms with van der Waals surface area (Å²) in [6, 6.07) is 3.78. The molecule has 0 fully saturated rings. The summed E-state index contributed by atoms with van der Waals surface area (Å²) in [5.41, 5.74) is -0.230. The Kier molecular flexibility index (Phi) is 4.26. The molecule has 0 bridgehead atoms. The van der Waals surface area contributed by atoms with Gasteiger partial charge < -0.3 is 5.32 Å². The molecule has 1 aromatic carbocycles. The van der Waals surface area contributed by atoms with E-state index in [1.807, 2.05) is 0 Å². The van der Waals surface area contributed by atoms with Crippen molar-refractivity contribution in [3.63, 3.8) is 0 Å². The highest BCUT2D eigenvalue weighted by molar-refractivity contribution is 9.10. The summed E-state index contributed by atoms with van der Waals surface area (Å²) in [6.07, 6.45) is 2.77. The summed E-state index contributed by atoms with van der Waals surface area (Å²) in [4.78, 5) is 29.8. The molecule has 0 spiro atoms. The van der Waals surface area contributed by atoms with Crippen LogP contribution < -0.4 is 5.32 Å². The Morgan fingerprint density at radius 1 is 1.35 bits per heavy atom. The van der Waals surface area contributed by atoms with Crippen LogP contribution in [-0.2, 0) is 0 Å². The molecular weight excluding hydrogens is 352 g/mol. The number of carbonyl (C=O) groups is 1. The maximum Gasteiger partial charge on any atom is 0.288 e. The number of aromatic nitrogens is 2. The molecule has 1 N–H and O–H groups in total. The molecule has 0 saturated carbocycles. The van der Waals surface area contributed by atoms with E-state index in [0.29, 0.717) is 4.60 Å². The van der Waals surface area contributed by atoms with Crippen molar-refractivity contribution in [1.82, 2.24) is 9.97 Å². The molecule has 0 aliphatic heterocycles. The van der Waals surface area contributed by atoms with Crippen LogP contribution in [0.4, 0.5) is 11.5 Å². The van der Waals surface area contributed by atoms with Crippen molar-refractivity contribution in [2.45, 2.75) is 0 Å². The molecule has 0 atom stereocenters. The van der Waals surface area contributed by atoms with E-state index in [2.05, 4.69) is 31.2 Å². The lowest BCUT2D eigenvalue weighted by Gasteiger charge is -2.04. The van der Waals surface area contributed by atoms with Gasteiger partial charge in [0.05, 0.1) is 17.3 Å². The molecular formula is C11H6BrClN4O3. The van der Waals surface area contributed by atoms with Gasteiger partial charge in [-0.1, -0.05) is 11.6 Å². The van der Waals surface area contributed by atoms with E-state index >= 15 is 0 Å². The molecule has 2 rings (SSSR count). The van der Waals surface area contributed by atoms with E-state index in [0.717, 1.165) is 6.07 Å². The second-order valence-corrected chi connectivity index (χ2v) is 4.82. The van der Waals surface area contributed by atoms with Gasteiger partial charge in [0, 0.05) is 11.6 Å². The molecule has 2 aromatic rings. The number of nitrogens with one attached hydrogen (secondary N) is 1. The largest absolute Gasteiger partial charge is 0.305 e. The quantitative estimate of drug-likeness (QED) is 0.672. The molecule has 7 nitrogen and oxygen atoms in total. The number of benzene rings is 1. The third-order valence-electron chi connectivity index (χ3n) is 2.27. The fraction of sp³-hybridized carbons (Fsp3) is 0. The Morgan fingerprint density at radius 3 is 2.70 bits per heavy atom. The Morgan fingerprint density at radius 2 is 2.10 bits per heavy atom. The summed E-state index contributed by atoms with van der Waals surface area (Å²) in [6.45, 7) is 0. The first kappa shape index (κ1) is 14.4. The van der Waals surface area contributed by atoms with E-state index in [-0.39, 0.29) is 22.1 Å². The fourth-order valence-corrected chi connectivity index (χ4v) is 1.75. The first-order valence-corrected chi connectivity index (χ1v) is 6.37. The number of nitro benzene ring substituents is 1. The van der Waals surface area contributed by atoms with Gasteiger partial charge in [-0.25, -0.2) is 9.97 Å². The van der Waals surface area contributed by atoms with E-state index in [4.69, 9.17) is 11.6 Å². The van der Waals surface area contributed by atoms with Gasteiger partial charge >= 0.3 is 0 Å². The fourth-order valence-electron chi connectivity index (χ4n) is 1.36. The SMILES string of the molecule is O=C(Nc1cnc(Br)cn1)c1ccc(Cl)c([N+](=O)[O-])c1. The predicted molar refractivity (Wildman–Crippen MR) is 75.8 cm³/mol. The van der Waals surface area contributed by atoms with Gasteiger partial charge in [-0.2, -0.15) is 0 Å². The van der Waals surface area contributed by atoms with Gasteiger partial charge in [0.2, 0.25) is 0 Å². The van der Waals surface area contributed by atoms with Crippen LogP contribution in [0.1, 0.15) is 10.4 Å². The highest BCUT2D eigenvalue weighted by atomic mass is 79.9. The van der Waals surface area contributed by atoms with Gasteiger partial charge in [-0.05, 0) is 28.1 Å². The number of anilines is 1. The first-order valence-electron chi connectivity index (χ1n) is 5.20. The maximum atomic E-state index is 11.9. The highest BCUT2D eigenvalue weighted by Crippen LogP contribution is 2.25. The molecule has 102 valence electrons. The molecule has 1 amide bonds. The second kappa shape index (κ2) is 5.93. The van der Waals surface area contributed by atoms with Crippen molar-refractivity contribution >= 4 is 44.9 Å². The molecule has 0 unspecified atom stereocenters. The van der Waals surface area contributed by atoms with E-state index in [9.17, 15) is 14.9 Å². The van der Waals surface area contributed by atoms with E-state index < -0.39 is 10.8 Å². The maximum absolute atomic E-state index is 11.9. The summed E-state index contributed by atoms with van der Waals surface area (Å²) in [7, 11) is 0. The number of halogens is 2. The number of nitro groups is 1. The first-order chi connectivity index (χ1) is 9.47. The minimum absolute atomic E-state index is 0.0324. The van der Waals surface area contributed by atoms with Crippen molar-refractivity contribution < 1.29 is 9.72 Å². The van der Waals surface area contributed by atoms with Crippen molar-refractivity contribution in [2.75, 3.05) is 5.32 Å². The Labute approximate surface area is 126 Å². The van der Waals surface area contributed by atoms with E-state index in [1.165, 1.54) is 24.5 Å². The topological polar surface area (TPSA) is 98.0 Å². The van der Waals surface area contributed by atoms with Crippen molar-refractivity contribution in [2.24, 2.45) is 0 Å². The van der Waals surface area contributed by atoms with Crippen LogP contribution in [-0.4, -0.2) is 20.8 Å². The second-order valence-electron chi connectivity index (χ2n) is 3.60. The lowest BCUT2D eigenvalue weighted by Crippen LogP contribution is -2.13. The van der Waals surface area contributed by atoms with Crippen LogP contribution in [0.25, 0.3) is 0 Å². The van der Waals surface area contributed by atoms with Gasteiger partial charge in [-0.3, -0.25) is 14.9 Å². The Balaban J connectivity index is 2.23. The Hall–Kier alpha value is -2.06. The average molecular weight is 358 g/mol. The molecule has 0 saturated heterocycles. The van der Waals surface area contributed by atoms with E-state index in [1.54, 1.807) is 0 Å². The number of carbonyl (C=O) groups excluding carboxylic acids is 1. The number of rotatable bonds is 3. The van der Waals surface area contributed by atoms with Crippen LogP contribution in [0.15, 0.2) is 35.2 Å². The summed E-state index contributed by atoms with van der Waals surface area (Å²) < 4.78 is 0.526. The normalized spacial score (nSPS) is 10.1. The van der Waals surface area contributed by atoms with Gasteiger partial charge in [0.15, 0.2) is 5.82 Å². The molecule has 20 heavy (non-hydrogen) atoms. The number of hydrogen-bond acceptors (Lipinski definition) is 5. The molecule has 0 aliphatic carbocycles. The smallest absolute Gasteiger partial charge is 0.288 e. The molecule has 1 aromatic heterocycles. The van der Waals surface area contributed by atoms with Crippen LogP contribution in [0.5, 0.6) is 0 Å². The third kappa shape index (κ3) is 3.28. The minimum Gasteiger partial charge on any atom is -0.305 e. The summed E-state index contributed by atoms with van der Waals surface area (Å²) in [5, 5.41) is 13.2. The highest BCUT2D eigenvalue weighted by Gasteiger charge is 2.16. The standard InChI is InChI=1S/C11H6BrClN4O3/c12-9-4-15-10(5-14-9)16-11(18)6-1-2-7(13)8(3-6)17(19)20/h1-5H,(H,15,16,18). The van der Waals surface area contributed by atoms with Crippen LogP contribution in [0.3, 0.4) is 0 Å². The predicted octanol–water partition coefficient (Wildman–Crippen LogP) is 3.05. The molecule has 0 radical (unpaired) electrons. The number of hydrogen-bond donors (Lipinski definition) is 1. The van der Waals surface area contributed by atoms with Crippen LogP contribution in [0.2, 0.25) is 5.02 Å². The van der Waals surface area contributed by atoms with Crippen LogP contribution in [0, 0.1) is 10.1 Å². The Bertz CT molecular complexity index is 678. The average Bonchev–Trinajstić information content (AvgIpc) is 2.41. The molecule has 9 heteroatoms.